The molecule has 2 aliphatic heterocycles. The molecule has 1 aromatic carbocycles. The van der Waals surface area contributed by atoms with Gasteiger partial charge in [-0.15, -0.1) is 11.3 Å². The number of carbonyl (C=O) groups is 2. The molecule has 0 atom stereocenters. The molecule has 166 valence electrons. The third kappa shape index (κ3) is 5.93. The minimum atomic E-state index is -0.143. The summed E-state index contributed by atoms with van der Waals surface area (Å²) in [6, 6.07) is 12.2. The number of hydrogen-bond acceptors (Lipinski definition) is 5. The third-order valence-electron chi connectivity index (χ3n) is 6.34. The fraction of sp³-hybridized carbons (Fsp3) is 0.500. The topological polar surface area (TPSA) is 72.9 Å². The molecule has 0 radical (unpaired) electrons. The van der Waals surface area contributed by atoms with Crippen molar-refractivity contribution in [1.82, 2.24) is 15.1 Å². The van der Waals surface area contributed by atoms with E-state index in [9.17, 15) is 14.7 Å². The largest absolute Gasteiger partial charge is 0.393 e. The van der Waals surface area contributed by atoms with Gasteiger partial charge in [0.05, 0.1) is 11.0 Å². The van der Waals surface area contributed by atoms with Gasteiger partial charge in [-0.1, -0.05) is 30.3 Å². The molecule has 31 heavy (non-hydrogen) atoms. The molecule has 2 aromatic rings. The van der Waals surface area contributed by atoms with Crippen molar-refractivity contribution in [2.45, 2.75) is 44.9 Å². The van der Waals surface area contributed by atoms with Crippen LogP contribution in [0.5, 0.6) is 0 Å². The van der Waals surface area contributed by atoms with E-state index in [0.717, 1.165) is 42.9 Å². The standard InChI is InChI=1S/C24H31N3O3S/c28-21-9-11-26(12-10-21)17-19-5-3-18(4-6-19)16-25-23(29)20-7-13-27(14-8-20)24(30)22-2-1-15-31-22/h1-6,15,20-21,28H,7-14,16-17H2,(H,25,29). The molecular weight excluding hydrogens is 410 g/mol. The van der Waals surface area contributed by atoms with Crippen LogP contribution >= 0.6 is 11.3 Å². The van der Waals surface area contributed by atoms with Crippen molar-refractivity contribution in [3.8, 4) is 0 Å². The summed E-state index contributed by atoms with van der Waals surface area (Å²) in [6.45, 7) is 4.59. The molecule has 7 heteroatoms. The molecule has 0 unspecified atom stereocenters. The van der Waals surface area contributed by atoms with Gasteiger partial charge in [0.2, 0.25) is 5.91 Å². The van der Waals surface area contributed by atoms with Crippen LogP contribution in [-0.2, 0) is 17.9 Å². The maximum atomic E-state index is 12.6. The zero-order chi connectivity index (χ0) is 21.6. The molecular formula is C24H31N3O3S. The van der Waals surface area contributed by atoms with Gasteiger partial charge >= 0.3 is 0 Å². The molecule has 2 saturated heterocycles. The van der Waals surface area contributed by atoms with Gasteiger partial charge in [0, 0.05) is 45.2 Å². The van der Waals surface area contributed by atoms with E-state index in [1.807, 2.05) is 22.4 Å². The van der Waals surface area contributed by atoms with Crippen LogP contribution in [0.25, 0.3) is 0 Å². The predicted octanol–water partition coefficient (Wildman–Crippen LogP) is 2.87. The van der Waals surface area contributed by atoms with E-state index in [0.29, 0.717) is 32.5 Å². The van der Waals surface area contributed by atoms with Gasteiger partial charge in [-0.05, 0) is 48.3 Å². The Bertz CT molecular complexity index is 853. The van der Waals surface area contributed by atoms with Crippen LogP contribution in [-0.4, -0.2) is 59.0 Å². The first-order valence-corrected chi connectivity index (χ1v) is 12.0. The number of hydrogen-bond donors (Lipinski definition) is 2. The quantitative estimate of drug-likeness (QED) is 0.723. The molecule has 2 N–H and O–H groups in total. The summed E-state index contributed by atoms with van der Waals surface area (Å²) in [6.07, 6.45) is 2.99. The highest BCUT2D eigenvalue weighted by molar-refractivity contribution is 7.12. The van der Waals surface area contributed by atoms with E-state index in [-0.39, 0.29) is 23.8 Å². The van der Waals surface area contributed by atoms with Gasteiger partial charge in [0.1, 0.15) is 0 Å². The molecule has 2 amide bonds. The molecule has 4 rings (SSSR count). The van der Waals surface area contributed by atoms with E-state index in [2.05, 4.69) is 34.5 Å². The molecule has 0 spiro atoms. The molecule has 1 aromatic heterocycles. The van der Waals surface area contributed by atoms with Crippen molar-refractivity contribution in [1.29, 1.82) is 0 Å². The van der Waals surface area contributed by atoms with E-state index in [1.54, 1.807) is 0 Å². The number of nitrogens with zero attached hydrogens (tertiary/aromatic N) is 2. The number of carbonyl (C=O) groups excluding carboxylic acids is 2. The first-order chi connectivity index (χ1) is 15.1. The van der Waals surface area contributed by atoms with E-state index >= 15 is 0 Å². The predicted molar refractivity (Wildman–Crippen MR) is 122 cm³/mol. The monoisotopic (exact) mass is 441 g/mol. The Morgan fingerprint density at radius 1 is 0.968 bits per heavy atom. The zero-order valence-corrected chi connectivity index (χ0v) is 18.7. The average Bonchev–Trinajstić information content (AvgIpc) is 3.34. The second-order valence-electron chi connectivity index (χ2n) is 8.59. The number of amides is 2. The van der Waals surface area contributed by atoms with E-state index < -0.39 is 0 Å². The Hall–Kier alpha value is -2.22. The van der Waals surface area contributed by atoms with Crippen LogP contribution in [0.2, 0.25) is 0 Å². The van der Waals surface area contributed by atoms with Crippen LogP contribution in [0.3, 0.4) is 0 Å². The van der Waals surface area contributed by atoms with E-state index in [1.165, 1.54) is 16.9 Å². The molecule has 0 bridgehead atoms. The Morgan fingerprint density at radius 3 is 2.29 bits per heavy atom. The first-order valence-electron chi connectivity index (χ1n) is 11.2. The normalized spacial score (nSPS) is 18.8. The number of piperidine rings is 2. The lowest BCUT2D eigenvalue weighted by Gasteiger charge is -2.31. The number of thiophene rings is 1. The molecule has 3 heterocycles. The Labute approximate surface area is 187 Å². The minimum Gasteiger partial charge on any atom is -0.393 e. The Kier molecular flexibility index (Phi) is 7.37. The summed E-state index contributed by atoms with van der Waals surface area (Å²) >= 11 is 1.46. The Morgan fingerprint density at radius 2 is 1.65 bits per heavy atom. The van der Waals surface area contributed by atoms with Gasteiger partial charge in [-0.25, -0.2) is 0 Å². The summed E-state index contributed by atoms with van der Waals surface area (Å²) in [4.78, 5) is 30.0. The van der Waals surface area contributed by atoms with Crippen molar-refractivity contribution < 1.29 is 14.7 Å². The van der Waals surface area contributed by atoms with Gasteiger partial charge in [-0.3, -0.25) is 14.5 Å². The molecule has 0 saturated carbocycles. The minimum absolute atomic E-state index is 0.0267. The number of nitrogens with one attached hydrogen (secondary N) is 1. The van der Waals surface area contributed by atoms with Crippen LogP contribution < -0.4 is 5.32 Å². The highest BCUT2D eigenvalue weighted by Gasteiger charge is 2.28. The second kappa shape index (κ2) is 10.4. The van der Waals surface area contributed by atoms with Crippen LogP contribution in [0.4, 0.5) is 0 Å². The fourth-order valence-electron chi connectivity index (χ4n) is 4.33. The Balaban J connectivity index is 1.19. The maximum absolute atomic E-state index is 12.6. The van der Waals surface area contributed by atoms with Crippen molar-refractivity contribution in [2.24, 2.45) is 5.92 Å². The van der Waals surface area contributed by atoms with Crippen LogP contribution in [0, 0.1) is 5.92 Å². The van der Waals surface area contributed by atoms with Crippen LogP contribution in [0.15, 0.2) is 41.8 Å². The lowest BCUT2D eigenvalue weighted by atomic mass is 9.95. The molecule has 2 aliphatic rings. The van der Waals surface area contributed by atoms with Crippen molar-refractivity contribution >= 4 is 23.2 Å². The average molecular weight is 442 g/mol. The van der Waals surface area contributed by atoms with Crippen molar-refractivity contribution in [3.05, 3.63) is 57.8 Å². The zero-order valence-electron chi connectivity index (χ0n) is 17.8. The summed E-state index contributed by atoms with van der Waals surface area (Å²) in [5.74, 6) is 0.134. The highest BCUT2D eigenvalue weighted by Crippen LogP contribution is 2.21. The summed E-state index contributed by atoms with van der Waals surface area (Å²) in [5.41, 5.74) is 2.35. The summed E-state index contributed by atoms with van der Waals surface area (Å²) < 4.78 is 0. The SMILES string of the molecule is O=C(NCc1ccc(CN2CCC(O)CC2)cc1)C1CCN(C(=O)c2cccs2)CC1. The summed E-state index contributed by atoms with van der Waals surface area (Å²) in [5, 5.41) is 14.6. The van der Waals surface area contributed by atoms with Crippen LogP contribution in [0.1, 0.15) is 46.5 Å². The smallest absolute Gasteiger partial charge is 0.263 e. The van der Waals surface area contributed by atoms with E-state index in [4.69, 9.17) is 0 Å². The molecule has 2 fully saturated rings. The van der Waals surface area contributed by atoms with Gasteiger partial charge < -0.3 is 15.3 Å². The van der Waals surface area contributed by atoms with Crippen molar-refractivity contribution in [2.75, 3.05) is 26.2 Å². The number of aliphatic hydroxyl groups is 1. The number of benzene rings is 1. The lowest BCUT2D eigenvalue weighted by molar-refractivity contribution is -0.126. The number of likely N-dealkylation sites (tertiary alicyclic amines) is 2. The summed E-state index contributed by atoms with van der Waals surface area (Å²) in [7, 11) is 0. The lowest BCUT2D eigenvalue weighted by Crippen LogP contribution is -2.42. The molecule has 6 nitrogen and oxygen atoms in total. The fourth-order valence-corrected chi connectivity index (χ4v) is 5.02. The van der Waals surface area contributed by atoms with Gasteiger partial charge in [-0.2, -0.15) is 0 Å². The third-order valence-corrected chi connectivity index (χ3v) is 7.20. The first kappa shape index (κ1) is 22.0. The van der Waals surface area contributed by atoms with Gasteiger partial charge in [0.15, 0.2) is 0 Å². The molecule has 0 aliphatic carbocycles. The highest BCUT2D eigenvalue weighted by atomic mass is 32.1. The number of aliphatic hydroxyl groups excluding tert-OH is 1. The second-order valence-corrected chi connectivity index (χ2v) is 9.53. The van der Waals surface area contributed by atoms with Crippen molar-refractivity contribution in [3.63, 3.8) is 0 Å². The van der Waals surface area contributed by atoms with Gasteiger partial charge in [0.25, 0.3) is 5.91 Å². The maximum Gasteiger partial charge on any atom is 0.263 e. The number of rotatable bonds is 6.